The molecular formula is C10H10ClN3O2. The maximum absolute atomic E-state index is 11.5. The molecule has 1 amide bonds. The van der Waals surface area contributed by atoms with Crippen LogP contribution in [0, 0.1) is 0 Å². The summed E-state index contributed by atoms with van der Waals surface area (Å²) < 4.78 is 1.68. The van der Waals surface area contributed by atoms with Crippen molar-refractivity contribution in [2.45, 2.75) is 0 Å². The Kier molecular flexibility index (Phi) is 3.07. The molecule has 0 aromatic carbocycles. The number of carbonyl (C=O) groups is 1. The second-order valence-corrected chi connectivity index (χ2v) is 3.65. The average Bonchev–Trinajstić information content (AvgIpc) is 2.68. The molecule has 2 aromatic rings. The number of nitrogens with one attached hydrogen (secondary N) is 1. The van der Waals surface area contributed by atoms with Gasteiger partial charge in [0.15, 0.2) is 0 Å². The Hall–Kier alpha value is -1.59. The van der Waals surface area contributed by atoms with E-state index in [1.165, 1.54) is 0 Å². The van der Waals surface area contributed by atoms with Gasteiger partial charge in [-0.3, -0.25) is 4.79 Å². The topological polar surface area (TPSA) is 66.6 Å². The summed E-state index contributed by atoms with van der Waals surface area (Å²) >= 11 is 5.81. The highest BCUT2D eigenvalue weighted by atomic mass is 35.5. The van der Waals surface area contributed by atoms with E-state index >= 15 is 0 Å². The molecule has 2 aromatic heterocycles. The molecule has 0 aliphatic carbocycles. The number of carbonyl (C=O) groups excluding carboxylic acids is 1. The molecular weight excluding hydrogens is 230 g/mol. The van der Waals surface area contributed by atoms with E-state index in [9.17, 15) is 4.79 Å². The summed E-state index contributed by atoms with van der Waals surface area (Å²) in [4.78, 5) is 15.6. The fourth-order valence-corrected chi connectivity index (χ4v) is 1.50. The van der Waals surface area contributed by atoms with E-state index in [-0.39, 0.29) is 19.1 Å². The normalized spacial score (nSPS) is 10.6. The standard InChI is InChI=1S/C10H10ClN3O2/c11-7-1-2-9-13-8(6-14(9)5-7)10(16)12-3-4-15/h1-2,5-6,15H,3-4H2,(H,12,16). The molecule has 0 saturated carbocycles. The van der Waals surface area contributed by atoms with E-state index in [0.717, 1.165) is 0 Å². The monoisotopic (exact) mass is 239 g/mol. The first-order valence-corrected chi connectivity index (χ1v) is 5.12. The van der Waals surface area contributed by atoms with Crippen LogP contribution in [0.4, 0.5) is 0 Å². The maximum atomic E-state index is 11.5. The third kappa shape index (κ3) is 2.15. The quantitative estimate of drug-likeness (QED) is 0.829. The van der Waals surface area contributed by atoms with Crippen LogP contribution in [-0.2, 0) is 0 Å². The van der Waals surface area contributed by atoms with Gasteiger partial charge >= 0.3 is 0 Å². The minimum Gasteiger partial charge on any atom is -0.395 e. The van der Waals surface area contributed by atoms with Crippen LogP contribution >= 0.6 is 11.6 Å². The summed E-state index contributed by atoms with van der Waals surface area (Å²) in [5.74, 6) is -0.311. The van der Waals surface area contributed by atoms with Crippen molar-refractivity contribution >= 4 is 23.2 Å². The van der Waals surface area contributed by atoms with Gasteiger partial charge in [0.25, 0.3) is 5.91 Å². The van der Waals surface area contributed by atoms with Gasteiger partial charge in [0.2, 0.25) is 0 Å². The van der Waals surface area contributed by atoms with Gasteiger partial charge in [-0.1, -0.05) is 11.6 Å². The number of pyridine rings is 1. The van der Waals surface area contributed by atoms with E-state index in [0.29, 0.717) is 16.4 Å². The zero-order valence-electron chi connectivity index (χ0n) is 8.35. The van der Waals surface area contributed by atoms with Crippen LogP contribution in [0.5, 0.6) is 0 Å². The lowest BCUT2D eigenvalue weighted by molar-refractivity contribution is 0.0940. The largest absolute Gasteiger partial charge is 0.395 e. The lowest BCUT2D eigenvalue weighted by atomic mass is 10.4. The van der Waals surface area contributed by atoms with Gasteiger partial charge < -0.3 is 14.8 Å². The van der Waals surface area contributed by atoms with Crippen molar-refractivity contribution in [1.82, 2.24) is 14.7 Å². The highest BCUT2D eigenvalue weighted by Crippen LogP contribution is 2.11. The Morgan fingerprint density at radius 1 is 1.50 bits per heavy atom. The maximum Gasteiger partial charge on any atom is 0.271 e. The number of amides is 1. The fourth-order valence-electron chi connectivity index (χ4n) is 1.33. The molecule has 2 N–H and O–H groups in total. The molecule has 0 spiro atoms. The lowest BCUT2D eigenvalue weighted by Crippen LogP contribution is -2.26. The summed E-state index contributed by atoms with van der Waals surface area (Å²) in [7, 11) is 0. The SMILES string of the molecule is O=C(NCCO)c1cn2cc(Cl)ccc2n1. The minimum absolute atomic E-state index is 0.0923. The molecule has 5 nitrogen and oxygen atoms in total. The van der Waals surface area contributed by atoms with Crippen molar-refractivity contribution in [3.05, 3.63) is 35.2 Å². The number of hydrogen-bond donors (Lipinski definition) is 2. The van der Waals surface area contributed by atoms with Crippen molar-refractivity contribution in [3.63, 3.8) is 0 Å². The van der Waals surface area contributed by atoms with E-state index in [1.807, 2.05) is 0 Å². The van der Waals surface area contributed by atoms with Gasteiger partial charge in [-0.25, -0.2) is 4.98 Å². The van der Waals surface area contributed by atoms with Gasteiger partial charge in [0.05, 0.1) is 11.6 Å². The molecule has 0 saturated heterocycles. The van der Waals surface area contributed by atoms with Crippen molar-refractivity contribution in [2.24, 2.45) is 0 Å². The Balaban J connectivity index is 2.28. The summed E-state index contributed by atoms with van der Waals surface area (Å²) in [5.41, 5.74) is 0.953. The fraction of sp³-hybridized carbons (Fsp3) is 0.200. The van der Waals surface area contributed by atoms with Crippen LogP contribution in [-0.4, -0.2) is 33.6 Å². The summed E-state index contributed by atoms with van der Waals surface area (Å²) in [6.07, 6.45) is 3.26. The third-order valence-corrected chi connectivity index (χ3v) is 2.27. The van der Waals surface area contributed by atoms with Crippen LogP contribution in [0.15, 0.2) is 24.5 Å². The van der Waals surface area contributed by atoms with Gasteiger partial charge in [-0.2, -0.15) is 0 Å². The van der Waals surface area contributed by atoms with Crippen LogP contribution in [0.25, 0.3) is 5.65 Å². The molecule has 0 atom stereocenters. The predicted octanol–water partition coefficient (Wildman–Crippen LogP) is 0.710. The number of aromatic nitrogens is 2. The average molecular weight is 240 g/mol. The van der Waals surface area contributed by atoms with E-state index in [4.69, 9.17) is 16.7 Å². The second kappa shape index (κ2) is 4.51. The first-order chi connectivity index (χ1) is 7.70. The van der Waals surface area contributed by atoms with Crippen molar-refractivity contribution in [3.8, 4) is 0 Å². The van der Waals surface area contributed by atoms with E-state index in [2.05, 4.69) is 10.3 Å². The van der Waals surface area contributed by atoms with Gasteiger partial charge in [-0.05, 0) is 12.1 Å². The molecule has 16 heavy (non-hydrogen) atoms. The van der Waals surface area contributed by atoms with E-state index < -0.39 is 0 Å². The molecule has 0 aliphatic rings. The Morgan fingerprint density at radius 2 is 2.31 bits per heavy atom. The summed E-state index contributed by atoms with van der Waals surface area (Å²) in [5, 5.41) is 11.7. The second-order valence-electron chi connectivity index (χ2n) is 3.22. The van der Waals surface area contributed by atoms with Gasteiger partial charge in [0.1, 0.15) is 11.3 Å². The number of rotatable bonds is 3. The molecule has 0 fully saturated rings. The number of aliphatic hydroxyl groups is 1. The minimum atomic E-state index is -0.311. The molecule has 0 radical (unpaired) electrons. The van der Waals surface area contributed by atoms with Gasteiger partial charge in [-0.15, -0.1) is 0 Å². The van der Waals surface area contributed by atoms with Crippen molar-refractivity contribution < 1.29 is 9.90 Å². The number of imidazole rings is 1. The molecule has 0 aliphatic heterocycles. The number of fused-ring (bicyclic) bond motifs is 1. The molecule has 6 heteroatoms. The number of aliphatic hydroxyl groups excluding tert-OH is 1. The summed E-state index contributed by atoms with van der Waals surface area (Å²) in [6.45, 7) is 0.123. The zero-order valence-corrected chi connectivity index (χ0v) is 9.11. The molecule has 2 rings (SSSR count). The van der Waals surface area contributed by atoms with Crippen molar-refractivity contribution in [2.75, 3.05) is 13.2 Å². The predicted molar refractivity (Wildman–Crippen MR) is 59.6 cm³/mol. The molecule has 0 bridgehead atoms. The number of nitrogens with zero attached hydrogens (tertiary/aromatic N) is 2. The lowest BCUT2D eigenvalue weighted by Gasteiger charge is -1.97. The van der Waals surface area contributed by atoms with Crippen LogP contribution in [0.2, 0.25) is 5.02 Å². The number of hydrogen-bond acceptors (Lipinski definition) is 3. The van der Waals surface area contributed by atoms with Gasteiger partial charge in [0, 0.05) is 18.9 Å². The molecule has 0 unspecified atom stereocenters. The van der Waals surface area contributed by atoms with Crippen LogP contribution in [0.3, 0.4) is 0 Å². The zero-order chi connectivity index (χ0) is 11.5. The highest BCUT2D eigenvalue weighted by Gasteiger charge is 2.09. The van der Waals surface area contributed by atoms with Crippen LogP contribution in [0.1, 0.15) is 10.5 Å². The Bertz CT molecular complexity index is 524. The smallest absolute Gasteiger partial charge is 0.271 e. The Labute approximate surface area is 96.7 Å². The first kappa shape index (κ1) is 10.9. The molecule has 84 valence electrons. The Morgan fingerprint density at radius 3 is 3.06 bits per heavy atom. The number of halogens is 1. The highest BCUT2D eigenvalue weighted by molar-refractivity contribution is 6.30. The summed E-state index contributed by atoms with van der Waals surface area (Å²) in [6, 6.07) is 3.43. The third-order valence-electron chi connectivity index (χ3n) is 2.04. The first-order valence-electron chi connectivity index (χ1n) is 4.74. The van der Waals surface area contributed by atoms with Crippen molar-refractivity contribution in [1.29, 1.82) is 0 Å². The van der Waals surface area contributed by atoms with Crippen LogP contribution < -0.4 is 5.32 Å². The molecule has 2 heterocycles. The van der Waals surface area contributed by atoms with E-state index in [1.54, 1.807) is 28.9 Å².